The number of carbonyl (C=O) groups is 2. The van der Waals surface area contributed by atoms with Crippen molar-refractivity contribution in [2.45, 2.75) is 32.8 Å². The molecule has 1 heterocycles. The molecule has 100 valence electrons. The highest BCUT2D eigenvalue weighted by Gasteiger charge is 2.15. The molecule has 0 spiro atoms. The predicted molar refractivity (Wildman–Crippen MR) is 69.0 cm³/mol. The van der Waals surface area contributed by atoms with Crippen molar-refractivity contribution in [2.75, 3.05) is 6.54 Å². The van der Waals surface area contributed by atoms with Gasteiger partial charge in [-0.2, -0.15) is 0 Å². The maximum atomic E-state index is 11.7. The molecule has 18 heavy (non-hydrogen) atoms. The van der Waals surface area contributed by atoms with Crippen molar-refractivity contribution in [1.29, 1.82) is 0 Å². The Hall–Kier alpha value is -1.40. The molecule has 1 atom stereocenters. The monoisotopic (exact) mass is 271 g/mol. The minimum Gasteiger partial charge on any atom is -0.479 e. The zero-order valence-corrected chi connectivity index (χ0v) is 11.2. The highest BCUT2D eigenvalue weighted by Crippen LogP contribution is 2.22. The van der Waals surface area contributed by atoms with Crippen LogP contribution in [0.4, 0.5) is 0 Å². The fourth-order valence-electron chi connectivity index (χ4n) is 1.52. The van der Waals surface area contributed by atoms with E-state index < -0.39 is 12.1 Å². The molecule has 1 rings (SSSR count). The molecular formula is C12H17NO4S. The molecule has 0 saturated heterocycles. The molecule has 0 saturated carbocycles. The number of aliphatic hydroxyl groups excluding tert-OH is 1. The van der Waals surface area contributed by atoms with Crippen LogP contribution in [0.1, 0.15) is 33.5 Å². The third kappa shape index (κ3) is 3.82. The summed E-state index contributed by atoms with van der Waals surface area (Å²) in [6, 6.07) is 1.83. The average molecular weight is 271 g/mol. The van der Waals surface area contributed by atoms with Gasteiger partial charge in [-0.05, 0) is 25.0 Å². The predicted octanol–water partition coefficient (Wildman–Crippen LogP) is 1.18. The van der Waals surface area contributed by atoms with Crippen LogP contribution >= 0.6 is 11.3 Å². The SMILES string of the molecule is CCc1sc(C(=O)NCC[C@H](O)C(=O)O)cc1C. The van der Waals surface area contributed by atoms with Gasteiger partial charge in [0.25, 0.3) is 5.91 Å². The van der Waals surface area contributed by atoms with E-state index in [4.69, 9.17) is 10.2 Å². The van der Waals surface area contributed by atoms with E-state index in [1.807, 2.05) is 19.9 Å². The number of aliphatic carboxylic acids is 1. The smallest absolute Gasteiger partial charge is 0.332 e. The normalized spacial score (nSPS) is 12.2. The molecular weight excluding hydrogens is 254 g/mol. The number of hydrogen-bond donors (Lipinski definition) is 3. The zero-order chi connectivity index (χ0) is 13.7. The number of aryl methyl sites for hydroxylation is 2. The van der Waals surface area contributed by atoms with Crippen molar-refractivity contribution in [3.05, 3.63) is 21.4 Å². The van der Waals surface area contributed by atoms with Crippen LogP contribution in [0.2, 0.25) is 0 Å². The standard InChI is InChI=1S/C12H17NO4S/c1-3-9-7(2)6-10(18-9)11(15)13-5-4-8(14)12(16)17/h6,8,14H,3-5H2,1-2H3,(H,13,15)(H,16,17)/t8-/m0/s1. The second kappa shape index (κ2) is 6.51. The maximum Gasteiger partial charge on any atom is 0.332 e. The van der Waals surface area contributed by atoms with Gasteiger partial charge in [0.1, 0.15) is 0 Å². The molecule has 0 fully saturated rings. The summed E-state index contributed by atoms with van der Waals surface area (Å²) >= 11 is 1.44. The Morgan fingerprint density at radius 2 is 2.17 bits per heavy atom. The molecule has 5 nitrogen and oxygen atoms in total. The largest absolute Gasteiger partial charge is 0.479 e. The third-order valence-electron chi connectivity index (χ3n) is 2.55. The fourth-order valence-corrected chi connectivity index (χ4v) is 2.55. The Morgan fingerprint density at radius 3 is 2.67 bits per heavy atom. The summed E-state index contributed by atoms with van der Waals surface area (Å²) in [7, 11) is 0. The highest BCUT2D eigenvalue weighted by atomic mass is 32.1. The van der Waals surface area contributed by atoms with Crippen LogP contribution in [0.5, 0.6) is 0 Å². The van der Waals surface area contributed by atoms with Crippen molar-refractivity contribution in [2.24, 2.45) is 0 Å². The van der Waals surface area contributed by atoms with Crippen LogP contribution in [-0.4, -0.2) is 34.7 Å². The Balaban J connectivity index is 2.48. The lowest BCUT2D eigenvalue weighted by atomic mass is 10.2. The van der Waals surface area contributed by atoms with Gasteiger partial charge in [0, 0.05) is 17.8 Å². The first-order valence-corrected chi connectivity index (χ1v) is 6.55. The number of carboxylic acids is 1. The van der Waals surface area contributed by atoms with Gasteiger partial charge < -0.3 is 15.5 Å². The fraction of sp³-hybridized carbons (Fsp3) is 0.500. The first-order chi connectivity index (χ1) is 8.45. The lowest BCUT2D eigenvalue weighted by Gasteiger charge is -2.06. The maximum absolute atomic E-state index is 11.7. The van der Waals surface area contributed by atoms with E-state index in [0.717, 1.165) is 12.0 Å². The second-order valence-corrected chi connectivity index (χ2v) is 5.11. The summed E-state index contributed by atoms with van der Waals surface area (Å²) in [6.45, 7) is 4.13. The molecule has 0 bridgehead atoms. The minimum absolute atomic E-state index is 0.00602. The van der Waals surface area contributed by atoms with Gasteiger partial charge in [0.15, 0.2) is 6.10 Å². The van der Waals surface area contributed by atoms with E-state index in [2.05, 4.69) is 5.32 Å². The first-order valence-electron chi connectivity index (χ1n) is 5.74. The molecule has 0 aliphatic heterocycles. The Kier molecular flexibility index (Phi) is 5.30. The van der Waals surface area contributed by atoms with Gasteiger partial charge in [-0.3, -0.25) is 4.79 Å². The lowest BCUT2D eigenvalue weighted by molar-refractivity contribution is -0.146. The van der Waals surface area contributed by atoms with Gasteiger partial charge in [-0.25, -0.2) is 4.79 Å². The number of rotatable bonds is 6. The number of carbonyl (C=O) groups excluding carboxylic acids is 1. The molecule has 0 unspecified atom stereocenters. The number of amides is 1. The highest BCUT2D eigenvalue weighted by molar-refractivity contribution is 7.14. The number of thiophene rings is 1. The van der Waals surface area contributed by atoms with Gasteiger partial charge in [0.2, 0.25) is 0 Å². The zero-order valence-electron chi connectivity index (χ0n) is 10.4. The number of hydrogen-bond acceptors (Lipinski definition) is 4. The van der Waals surface area contributed by atoms with Gasteiger partial charge >= 0.3 is 5.97 Å². The molecule has 0 aliphatic rings. The van der Waals surface area contributed by atoms with E-state index >= 15 is 0 Å². The van der Waals surface area contributed by atoms with E-state index in [1.165, 1.54) is 16.2 Å². The van der Waals surface area contributed by atoms with E-state index in [1.54, 1.807) is 0 Å². The molecule has 1 aromatic rings. The number of aliphatic hydroxyl groups is 1. The molecule has 0 radical (unpaired) electrons. The van der Waals surface area contributed by atoms with Crippen LogP contribution in [-0.2, 0) is 11.2 Å². The quantitative estimate of drug-likeness (QED) is 0.725. The van der Waals surface area contributed by atoms with Crippen molar-refractivity contribution >= 4 is 23.2 Å². The molecule has 1 aromatic heterocycles. The van der Waals surface area contributed by atoms with Crippen LogP contribution in [0.3, 0.4) is 0 Å². The lowest BCUT2D eigenvalue weighted by Crippen LogP contribution is -2.29. The summed E-state index contributed by atoms with van der Waals surface area (Å²) < 4.78 is 0. The third-order valence-corrected chi connectivity index (χ3v) is 3.93. The number of carboxylic acid groups (broad SMARTS) is 1. The first kappa shape index (κ1) is 14.7. The van der Waals surface area contributed by atoms with Crippen molar-refractivity contribution in [3.8, 4) is 0 Å². The summed E-state index contributed by atoms with van der Waals surface area (Å²) in [5.74, 6) is -1.50. The Labute approximate surface area is 109 Å². The van der Waals surface area contributed by atoms with Gasteiger partial charge in [-0.1, -0.05) is 6.92 Å². The summed E-state index contributed by atoms with van der Waals surface area (Å²) in [6.07, 6.45) is -0.533. The van der Waals surface area contributed by atoms with E-state index in [0.29, 0.717) is 4.88 Å². The summed E-state index contributed by atoms with van der Waals surface area (Å²) in [4.78, 5) is 23.9. The van der Waals surface area contributed by atoms with Crippen molar-refractivity contribution in [3.63, 3.8) is 0 Å². The Morgan fingerprint density at radius 1 is 1.50 bits per heavy atom. The van der Waals surface area contributed by atoms with E-state index in [9.17, 15) is 9.59 Å². The Bertz CT molecular complexity index is 441. The van der Waals surface area contributed by atoms with Gasteiger partial charge in [0.05, 0.1) is 4.88 Å². The second-order valence-electron chi connectivity index (χ2n) is 3.97. The van der Waals surface area contributed by atoms with Crippen LogP contribution in [0, 0.1) is 6.92 Å². The van der Waals surface area contributed by atoms with Gasteiger partial charge in [-0.15, -0.1) is 11.3 Å². The van der Waals surface area contributed by atoms with Crippen molar-refractivity contribution in [1.82, 2.24) is 5.32 Å². The minimum atomic E-state index is -1.43. The topological polar surface area (TPSA) is 86.6 Å². The molecule has 0 aromatic carbocycles. The van der Waals surface area contributed by atoms with E-state index in [-0.39, 0.29) is 18.9 Å². The molecule has 3 N–H and O–H groups in total. The van der Waals surface area contributed by atoms with Crippen LogP contribution in [0.15, 0.2) is 6.07 Å². The van der Waals surface area contributed by atoms with Crippen LogP contribution < -0.4 is 5.32 Å². The summed E-state index contributed by atoms with van der Waals surface area (Å²) in [5.41, 5.74) is 1.10. The van der Waals surface area contributed by atoms with Crippen molar-refractivity contribution < 1.29 is 19.8 Å². The molecule has 6 heteroatoms. The number of nitrogens with one attached hydrogen (secondary N) is 1. The summed E-state index contributed by atoms with van der Waals surface area (Å²) in [5, 5.41) is 20.1. The molecule has 1 amide bonds. The molecule has 0 aliphatic carbocycles. The average Bonchev–Trinajstić information content (AvgIpc) is 2.70. The van der Waals surface area contributed by atoms with Crippen LogP contribution in [0.25, 0.3) is 0 Å².